The Morgan fingerprint density at radius 3 is 2.71 bits per heavy atom. The van der Waals surface area contributed by atoms with Crippen LogP contribution in [0.2, 0.25) is 0 Å². The summed E-state index contributed by atoms with van der Waals surface area (Å²) in [7, 11) is 1.58. The molecule has 6 heteroatoms. The van der Waals surface area contributed by atoms with Crippen LogP contribution in [0.3, 0.4) is 0 Å². The van der Waals surface area contributed by atoms with Crippen molar-refractivity contribution in [3.05, 3.63) is 33.9 Å². The van der Waals surface area contributed by atoms with Crippen molar-refractivity contribution in [2.24, 2.45) is 0 Å². The van der Waals surface area contributed by atoms with Crippen LogP contribution in [0.25, 0.3) is 0 Å². The molecule has 0 atom stereocenters. The second-order valence-corrected chi connectivity index (χ2v) is 5.82. The highest BCUT2D eigenvalue weighted by Crippen LogP contribution is 2.23. The molecule has 0 saturated carbocycles. The first-order valence-corrected chi connectivity index (χ1v) is 8.59. The molecule has 0 aromatic heterocycles. The van der Waals surface area contributed by atoms with Crippen LogP contribution >= 0.6 is 11.8 Å². The van der Waals surface area contributed by atoms with Gasteiger partial charge in [-0.3, -0.25) is 10.1 Å². The van der Waals surface area contributed by atoms with Gasteiger partial charge in [-0.2, -0.15) is 11.8 Å². The van der Waals surface area contributed by atoms with Crippen LogP contribution in [0.5, 0.6) is 5.75 Å². The Hall–Kier alpha value is -1.27. The predicted octanol–water partition coefficient (Wildman–Crippen LogP) is 3.62. The van der Waals surface area contributed by atoms with Gasteiger partial charge in [0.15, 0.2) is 0 Å². The summed E-state index contributed by atoms with van der Waals surface area (Å²) in [6.45, 7) is 1.51. The lowest BCUT2D eigenvalue weighted by atomic mass is 10.1. The average Bonchev–Trinajstić information content (AvgIpc) is 2.49. The van der Waals surface area contributed by atoms with Gasteiger partial charge < -0.3 is 10.1 Å². The number of nitro groups is 1. The van der Waals surface area contributed by atoms with E-state index in [0.29, 0.717) is 12.3 Å². The van der Waals surface area contributed by atoms with Crippen molar-refractivity contribution in [1.29, 1.82) is 0 Å². The fourth-order valence-electron chi connectivity index (χ4n) is 2.09. The van der Waals surface area contributed by atoms with E-state index in [0.717, 1.165) is 18.5 Å². The lowest BCUT2D eigenvalue weighted by Crippen LogP contribution is -2.15. The molecule has 0 unspecified atom stereocenters. The molecule has 0 amide bonds. The molecule has 5 nitrogen and oxygen atoms in total. The number of nitro benzene ring substituents is 1. The lowest BCUT2D eigenvalue weighted by molar-refractivity contribution is -0.384. The molecular formula is C15H24N2O3S. The molecule has 118 valence electrons. The van der Waals surface area contributed by atoms with E-state index in [-0.39, 0.29) is 10.6 Å². The quantitative estimate of drug-likeness (QED) is 0.384. The summed E-state index contributed by atoms with van der Waals surface area (Å²) in [5, 5.41) is 14.1. The molecule has 1 aromatic carbocycles. The van der Waals surface area contributed by atoms with Gasteiger partial charge in [-0.25, -0.2) is 0 Å². The SMILES string of the molecule is COc1ccc([N+](=O)[O-])cc1CNCCCCCCSC. The third-order valence-electron chi connectivity index (χ3n) is 3.24. The summed E-state index contributed by atoms with van der Waals surface area (Å²) >= 11 is 1.89. The first-order valence-electron chi connectivity index (χ1n) is 7.20. The Labute approximate surface area is 130 Å². The van der Waals surface area contributed by atoms with E-state index in [4.69, 9.17) is 4.74 Å². The molecule has 1 N–H and O–H groups in total. The highest BCUT2D eigenvalue weighted by Gasteiger charge is 2.10. The van der Waals surface area contributed by atoms with Gasteiger partial charge in [0.2, 0.25) is 0 Å². The zero-order chi connectivity index (χ0) is 15.5. The molecule has 1 rings (SSSR count). The van der Waals surface area contributed by atoms with E-state index in [9.17, 15) is 10.1 Å². The molecule has 0 spiro atoms. The topological polar surface area (TPSA) is 64.4 Å². The number of ether oxygens (including phenoxy) is 1. The van der Waals surface area contributed by atoms with Crippen molar-refractivity contribution in [2.45, 2.75) is 32.2 Å². The first-order chi connectivity index (χ1) is 10.2. The number of thioether (sulfide) groups is 1. The van der Waals surface area contributed by atoms with Crippen molar-refractivity contribution in [3.8, 4) is 5.75 Å². The smallest absolute Gasteiger partial charge is 0.270 e. The summed E-state index contributed by atoms with van der Waals surface area (Å²) in [4.78, 5) is 10.4. The van der Waals surface area contributed by atoms with E-state index in [1.807, 2.05) is 11.8 Å². The van der Waals surface area contributed by atoms with Crippen LogP contribution in [-0.2, 0) is 6.54 Å². The first kappa shape index (κ1) is 17.8. The van der Waals surface area contributed by atoms with Crippen LogP contribution in [0.1, 0.15) is 31.2 Å². The number of nitrogens with zero attached hydrogens (tertiary/aromatic N) is 1. The summed E-state index contributed by atoms with van der Waals surface area (Å²) in [5.41, 5.74) is 0.929. The molecule has 21 heavy (non-hydrogen) atoms. The summed E-state index contributed by atoms with van der Waals surface area (Å²) in [6.07, 6.45) is 7.03. The highest BCUT2D eigenvalue weighted by atomic mass is 32.2. The fraction of sp³-hybridized carbons (Fsp3) is 0.600. The Bertz CT molecular complexity index is 441. The summed E-state index contributed by atoms with van der Waals surface area (Å²) in [5.74, 6) is 1.92. The van der Waals surface area contributed by atoms with Gasteiger partial charge in [-0.05, 0) is 37.5 Å². The Kier molecular flexibility index (Phi) is 8.85. The minimum absolute atomic E-state index is 0.102. The van der Waals surface area contributed by atoms with Crippen molar-refractivity contribution in [2.75, 3.05) is 25.7 Å². The van der Waals surface area contributed by atoms with Gasteiger partial charge in [0.25, 0.3) is 5.69 Å². The van der Waals surface area contributed by atoms with E-state index >= 15 is 0 Å². The predicted molar refractivity (Wildman–Crippen MR) is 88.2 cm³/mol. The number of nitrogens with one attached hydrogen (secondary N) is 1. The van der Waals surface area contributed by atoms with Crippen LogP contribution in [0.4, 0.5) is 5.69 Å². The van der Waals surface area contributed by atoms with Crippen molar-refractivity contribution >= 4 is 17.4 Å². The second kappa shape index (κ2) is 10.5. The fourth-order valence-corrected chi connectivity index (χ4v) is 2.58. The molecule has 0 bridgehead atoms. The van der Waals surface area contributed by atoms with Crippen molar-refractivity contribution < 1.29 is 9.66 Å². The van der Waals surface area contributed by atoms with Gasteiger partial charge in [0.05, 0.1) is 12.0 Å². The molecular weight excluding hydrogens is 288 g/mol. The summed E-state index contributed by atoms with van der Waals surface area (Å²) < 4.78 is 5.24. The average molecular weight is 312 g/mol. The Morgan fingerprint density at radius 1 is 1.29 bits per heavy atom. The van der Waals surface area contributed by atoms with Crippen LogP contribution < -0.4 is 10.1 Å². The minimum Gasteiger partial charge on any atom is -0.496 e. The maximum absolute atomic E-state index is 10.8. The number of methoxy groups -OCH3 is 1. The highest BCUT2D eigenvalue weighted by molar-refractivity contribution is 7.98. The van der Waals surface area contributed by atoms with E-state index < -0.39 is 0 Å². The molecule has 0 fully saturated rings. The molecule has 0 aliphatic rings. The zero-order valence-electron chi connectivity index (χ0n) is 12.8. The standard InChI is InChI=1S/C15H24N2O3S/c1-20-15-8-7-14(17(18)19)11-13(15)12-16-9-5-3-4-6-10-21-2/h7-8,11,16H,3-6,9-10,12H2,1-2H3. The molecule has 0 aliphatic heterocycles. The molecule has 0 radical (unpaired) electrons. The largest absolute Gasteiger partial charge is 0.496 e. The molecule has 0 aliphatic carbocycles. The molecule has 1 aromatic rings. The molecule has 0 saturated heterocycles. The normalized spacial score (nSPS) is 10.6. The van der Waals surface area contributed by atoms with Gasteiger partial charge in [0.1, 0.15) is 5.75 Å². The van der Waals surface area contributed by atoms with E-state index in [1.165, 1.54) is 31.1 Å². The van der Waals surface area contributed by atoms with Crippen LogP contribution in [0.15, 0.2) is 18.2 Å². The lowest BCUT2D eigenvalue weighted by Gasteiger charge is -2.09. The van der Waals surface area contributed by atoms with Gasteiger partial charge in [0, 0.05) is 24.2 Å². The summed E-state index contributed by atoms with van der Waals surface area (Å²) in [6, 6.07) is 4.69. The van der Waals surface area contributed by atoms with Gasteiger partial charge in [-0.1, -0.05) is 12.8 Å². The monoisotopic (exact) mass is 312 g/mol. The van der Waals surface area contributed by atoms with Gasteiger partial charge >= 0.3 is 0 Å². The second-order valence-electron chi connectivity index (χ2n) is 4.84. The number of benzene rings is 1. The van der Waals surface area contributed by atoms with Crippen LogP contribution in [0, 0.1) is 10.1 Å². The van der Waals surface area contributed by atoms with Crippen molar-refractivity contribution in [1.82, 2.24) is 5.32 Å². The van der Waals surface area contributed by atoms with Crippen molar-refractivity contribution in [3.63, 3.8) is 0 Å². The third-order valence-corrected chi connectivity index (χ3v) is 3.94. The van der Waals surface area contributed by atoms with E-state index in [2.05, 4.69) is 11.6 Å². The molecule has 0 heterocycles. The number of non-ortho nitro benzene ring substituents is 1. The maximum atomic E-state index is 10.8. The zero-order valence-corrected chi connectivity index (χ0v) is 13.6. The van der Waals surface area contributed by atoms with E-state index in [1.54, 1.807) is 19.2 Å². The number of unbranched alkanes of at least 4 members (excludes halogenated alkanes) is 3. The number of hydrogen-bond acceptors (Lipinski definition) is 5. The Balaban J connectivity index is 2.33. The van der Waals surface area contributed by atoms with Gasteiger partial charge in [-0.15, -0.1) is 0 Å². The number of rotatable bonds is 11. The minimum atomic E-state index is -0.380. The maximum Gasteiger partial charge on any atom is 0.270 e. The Morgan fingerprint density at radius 2 is 2.05 bits per heavy atom. The van der Waals surface area contributed by atoms with Crippen LogP contribution in [-0.4, -0.2) is 30.6 Å². The third kappa shape index (κ3) is 6.82. The number of hydrogen-bond donors (Lipinski definition) is 1.